The molecular formula is C28H26BrO2P. The van der Waals surface area contributed by atoms with Gasteiger partial charge in [0, 0.05) is 0 Å². The van der Waals surface area contributed by atoms with E-state index in [9.17, 15) is 0 Å². The van der Waals surface area contributed by atoms with Gasteiger partial charge in [0.05, 0.1) is 0 Å². The normalized spacial score (nSPS) is 15.7. The summed E-state index contributed by atoms with van der Waals surface area (Å²) in [6.07, 6.45) is 0.820. The standard InChI is InChI=1S/C28H26BrO2P/c1-28(2)30-26-19-18-22(20-27(26)31-28)21-32(29,23-12-6-3-7-13-23,24-14-8-4-9-15-24)25-16-10-5-11-17-25/h3-20H,21H2,1-2H3. The van der Waals surface area contributed by atoms with Gasteiger partial charge in [0.15, 0.2) is 0 Å². The Bertz CT molecular complexity index is 1140. The molecule has 0 radical (unpaired) electrons. The first-order valence-electron chi connectivity index (χ1n) is 10.8. The van der Waals surface area contributed by atoms with Gasteiger partial charge in [-0.05, 0) is 0 Å². The number of fused-ring (bicyclic) bond motifs is 1. The van der Waals surface area contributed by atoms with E-state index < -0.39 is 11.1 Å². The topological polar surface area (TPSA) is 18.5 Å². The summed E-state index contributed by atoms with van der Waals surface area (Å²) in [6.45, 7) is 3.88. The second kappa shape index (κ2) is 7.76. The number of hydrogen-bond donors (Lipinski definition) is 0. The van der Waals surface area contributed by atoms with Crippen molar-refractivity contribution in [3.05, 3.63) is 115 Å². The number of benzene rings is 4. The summed E-state index contributed by atoms with van der Waals surface area (Å²) in [7, 11) is 0. The Morgan fingerprint density at radius 1 is 0.625 bits per heavy atom. The zero-order valence-electron chi connectivity index (χ0n) is 18.2. The van der Waals surface area contributed by atoms with E-state index in [-0.39, 0.29) is 0 Å². The Morgan fingerprint density at radius 2 is 1.06 bits per heavy atom. The number of rotatable bonds is 5. The van der Waals surface area contributed by atoms with Crippen LogP contribution in [0.15, 0.2) is 109 Å². The van der Waals surface area contributed by atoms with E-state index in [1.807, 2.05) is 19.9 Å². The van der Waals surface area contributed by atoms with Crippen LogP contribution < -0.4 is 25.4 Å². The molecule has 0 bridgehead atoms. The molecule has 0 saturated carbocycles. The molecule has 4 aromatic carbocycles. The van der Waals surface area contributed by atoms with Crippen LogP contribution in [0.2, 0.25) is 0 Å². The molecule has 4 heteroatoms. The van der Waals surface area contributed by atoms with Crippen LogP contribution >= 0.6 is 20.8 Å². The first kappa shape index (κ1) is 21.2. The van der Waals surface area contributed by atoms with Gasteiger partial charge in [0.2, 0.25) is 0 Å². The summed E-state index contributed by atoms with van der Waals surface area (Å²) in [4.78, 5) is 0. The van der Waals surface area contributed by atoms with Crippen LogP contribution in [0.1, 0.15) is 19.4 Å². The SMILES string of the molecule is CC1(C)Oc2ccc(CP(Br)(c3ccccc3)(c3ccccc3)c3ccccc3)cc2O1. The molecular weight excluding hydrogens is 479 g/mol. The van der Waals surface area contributed by atoms with Crippen molar-refractivity contribution < 1.29 is 9.47 Å². The fourth-order valence-corrected chi connectivity index (χ4v) is 12.3. The van der Waals surface area contributed by atoms with E-state index in [0.29, 0.717) is 0 Å². The molecule has 2 nitrogen and oxygen atoms in total. The predicted molar refractivity (Wildman–Crippen MR) is 140 cm³/mol. The van der Waals surface area contributed by atoms with Crippen molar-refractivity contribution in [3.8, 4) is 11.5 Å². The molecule has 0 fully saturated rings. The van der Waals surface area contributed by atoms with E-state index in [2.05, 4.69) is 119 Å². The van der Waals surface area contributed by atoms with Gasteiger partial charge >= 0.3 is 198 Å². The van der Waals surface area contributed by atoms with Crippen molar-refractivity contribution in [2.45, 2.75) is 25.8 Å². The molecule has 32 heavy (non-hydrogen) atoms. The number of hydrogen-bond acceptors (Lipinski definition) is 2. The minimum atomic E-state index is -3.04. The summed E-state index contributed by atoms with van der Waals surface area (Å²) in [5.74, 6) is 0.964. The van der Waals surface area contributed by atoms with Crippen molar-refractivity contribution in [1.29, 1.82) is 0 Å². The first-order chi connectivity index (χ1) is 15.4. The second-order valence-corrected chi connectivity index (χ2v) is 17.7. The van der Waals surface area contributed by atoms with E-state index in [1.165, 1.54) is 21.5 Å². The van der Waals surface area contributed by atoms with Crippen molar-refractivity contribution in [1.82, 2.24) is 0 Å². The molecule has 0 amide bonds. The van der Waals surface area contributed by atoms with Gasteiger partial charge in [0.1, 0.15) is 0 Å². The third kappa shape index (κ3) is 3.45. The molecule has 0 aromatic heterocycles. The molecule has 0 aliphatic carbocycles. The molecule has 0 saturated heterocycles. The fourth-order valence-electron chi connectivity index (χ4n) is 4.65. The van der Waals surface area contributed by atoms with E-state index in [0.717, 1.165) is 17.7 Å². The monoisotopic (exact) mass is 504 g/mol. The fraction of sp³-hybridized carbons (Fsp3) is 0.143. The predicted octanol–water partition coefficient (Wildman–Crippen LogP) is 6.53. The second-order valence-electron chi connectivity index (χ2n) is 8.73. The summed E-state index contributed by atoms with van der Waals surface area (Å²) < 4.78 is 12.0. The molecule has 162 valence electrons. The first-order valence-corrected chi connectivity index (χ1v) is 15.2. The third-order valence-electron chi connectivity index (χ3n) is 6.08. The molecule has 4 aromatic rings. The van der Waals surface area contributed by atoms with Crippen molar-refractivity contribution in [2.75, 3.05) is 0 Å². The Hall–Kier alpha value is -2.61. The van der Waals surface area contributed by atoms with Gasteiger partial charge in [-0.25, -0.2) is 0 Å². The Labute approximate surface area is 197 Å². The molecule has 1 aliphatic heterocycles. The number of halogens is 1. The van der Waals surface area contributed by atoms with Crippen LogP contribution in [0, 0.1) is 0 Å². The van der Waals surface area contributed by atoms with E-state index in [4.69, 9.17) is 9.47 Å². The zero-order chi connectivity index (χ0) is 22.3. The Morgan fingerprint density at radius 3 is 1.53 bits per heavy atom. The molecule has 0 spiro atoms. The van der Waals surface area contributed by atoms with Gasteiger partial charge in [0.25, 0.3) is 0 Å². The van der Waals surface area contributed by atoms with Gasteiger partial charge in [-0.2, -0.15) is 0 Å². The van der Waals surface area contributed by atoms with Crippen molar-refractivity contribution >= 4 is 36.7 Å². The van der Waals surface area contributed by atoms with Crippen molar-refractivity contribution in [3.63, 3.8) is 0 Å². The molecule has 0 N–H and O–H groups in total. The summed E-state index contributed by atoms with van der Waals surface area (Å²) >= 11 is 4.52. The summed E-state index contributed by atoms with van der Waals surface area (Å²) in [5.41, 5.74) is 1.20. The third-order valence-corrected chi connectivity index (χ3v) is 15.6. The molecule has 1 heterocycles. The summed E-state index contributed by atoms with van der Waals surface area (Å²) in [6, 6.07) is 38.9. The summed E-state index contributed by atoms with van der Waals surface area (Å²) in [5, 5.41) is 0.864. The van der Waals surface area contributed by atoms with Crippen LogP contribution in [0.5, 0.6) is 11.5 Å². The van der Waals surface area contributed by atoms with Crippen LogP contribution in [0.4, 0.5) is 0 Å². The molecule has 1 aliphatic rings. The van der Waals surface area contributed by atoms with Gasteiger partial charge in [-0.1, -0.05) is 0 Å². The molecule has 5 rings (SSSR count). The minimum absolute atomic E-state index is 0.640. The van der Waals surface area contributed by atoms with Crippen molar-refractivity contribution in [2.24, 2.45) is 0 Å². The zero-order valence-corrected chi connectivity index (χ0v) is 20.7. The van der Waals surface area contributed by atoms with Gasteiger partial charge in [-0.3, -0.25) is 0 Å². The molecule has 0 unspecified atom stereocenters. The average molecular weight is 505 g/mol. The van der Waals surface area contributed by atoms with Crippen LogP contribution in [0.25, 0.3) is 0 Å². The van der Waals surface area contributed by atoms with E-state index >= 15 is 0 Å². The van der Waals surface area contributed by atoms with Crippen LogP contribution in [0.3, 0.4) is 0 Å². The van der Waals surface area contributed by atoms with Crippen LogP contribution in [-0.2, 0) is 6.16 Å². The number of ether oxygens (including phenoxy) is 2. The molecule has 0 atom stereocenters. The Balaban J connectivity index is 1.77. The van der Waals surface area contributed by atoms with E-state index in [1.54, 1.807) is 0 Å². The quantitative estimate of drug-likeness (QED) is 0.287. The van der Waals surface area contributed by atoms with Crippen LogP contribution in [-0.4, -0.2) is 5.79 Å². The maximum absolute atomic E-state index is 6.08. The van der Waals surface area contributed by atoms with Gasteiger partial charge < -0.3 is 0 Å². The average Bonchev–Trinajstić information content (AvgIpc) is 3.14. The van der Waals surface area contributed by atoms with Gasteiger partial charge in [-0.15, -0.1) is 0 Å². The Kier molecular flexibility index (Phi) is 5.15. The maximum atomic E-state index is 6.08.